The summed E-state index contributed by atoms with van der Waals surface area (Å²) in [5.41, 5.74) is 0. The Balaban J connectivity index is 3.13. The minimum atomic E-state index is 1.25. The Morgan fingerprint density at radius 1 is 0.400 bits per heavy atom. The van der Waals surface area contributed by atoms with E-state index >= 15 is 0 Å². The molecule has 0 radical (unpaired) electrons. The molecule has 1 rings (SSSR count). The molecule has 0 aliphatic carbocycles. The van der Waals surface area contributed by atoms with Gasteiger partial charge in [0.25, 0.3) is 0 Å². The van der Waals surface area contributed by atoms with E-state index in [9.17, 15) is 0 Å². The Bertz CT molecular complexity index is 56.5. The molecular formula is Se5. The fourth-order valence-electron chi connectivity index (χ4n) is 0.0567. The van der Waals surface area contributed by atoms with Crippen molar-refractivity contribution in [1.29, 1.82) is 0 Å². The molecule has 0 saturated heterocycles. The molecule has 0 saturated carbocycles. The van der Waals surface area contributed by atoms with Crippen LogP contribution in [0.1, 0.15) is 0 Å². The zero-order valence-electron chi connectivity index (χ0n) is 2.04. The summed E-state index contributed by atoms with van der Waals surface area (Å²) >= 11 is 0. The first-order chi connectivity index (χ1) is 2.50. The minimum absolute atomic E-state index is 1.25. The van der Waals surface area contributed by atoms with Crippen molar-refractivity contribution >= 4 is 53.8 Å². The zero-order chi connectivity index (χ0) is 3.54. The van der Waals surface area contributed by atoms with Gasteiger partial charge in [0.05, 0.1) is 0 Å². The maximum absolute atomic E-state index is 1.25. The Morgan fingerprint density at radius 3 is 0.800 bits per heavy atom. The molecule has 30 valence electrons. The number of hydrogen-bond donors (Lipinski definition) is 0. The van der Waals surface area contributed by atoms with Crippen molar-refractivity contribution in [1.82, 2.24) is 0 Å². The molecule has 0 fully saturated rings. The normalized spacial score (nSPS) is 8.00. The van der Waals surface area contributed by atoms with E-state index in [0.29, 0.717) is 0 Å². The number of rotatable bonds is 0. The Hall–Kier alpha value is 2.60. The molecule has 0 aliphatic heterocycles. The molecule has 0 nitrogen and oxygen atoms in total. The quantitative estimate of drug-likeness (QED) is 0.451. The van der Waals surface area contributed by atoms with E-state index < -0.39 is 0 Å². The first kappa shape index (κ1) is 5.73. The molecule has 0 unspecified atom stereocenters. The second-order valence-corrected chi connectivity index (χ2v) is 47.7. The molecule has 1 heterocycles. The summed E-state index contributed by atoms with van der Waals surface area (Å²) in [4.78, 5) is 0. The van der Waals surface area contributed by atoms with Gasteiger partial charge < -0.3 is 0 Å². The molecule has 0 aliphatic rings. The van der Waals surface area contributed by atoms with Gasteiger partial charge in [0, 0.05) is 0 Å². The number of hydrogen-bond acceptors (Lipinski definition) is 0. The second kappa shape index (κ2) is 3.58. The summed E-state index contributed by atoms with van der Waals surface area (Å²) in [6.07, 6.45) is 0. The average molecular weight is 395 g/mol. The topological polar surface area (TPSA) is 0 Å². The van der Waals surface area contributed by atoms with Crippen LogP contribution in [0.15, 0.2) is 0 Å². The molecule has 5 heavy (non-hydrogen) atoms. The van der Waals surface area contributed by atoms with Gasteiger partial charge in [0.1, 0.15) is 0 Å². The Labute approximate surface area is 52.8 Å². The van der Waals surface area contributed by atoms with E-state index in [1.165, 1.54) is 53.8 Å². The van der Waals surface area contributed by atoms with Crippen molar-refractivity contribution in [2.24, 2.45) is 0 Å². The molecule has 0 bridgehead atoms. The molecule has 0 atom stereocenters. The van der Waals surface area contributed by atoms with E-state index in [1.54, 1.807) is 0 Å². The molecule has 5 heteroatoms. The third-order valence-corrected chi connectivity index (χ3v) is 101. The summed E-state index contributed by atoms with van der Waals surface area (Å²) in [5, 5.41) is 0. The van der Waals surface area contributed by atoms with Crippen molar-refractivity contribution < 1.29 is 0 Å². The fraction of sp³-hybridized carbons (Fsp3) is 0. The zero-order valence-corrected chi connectivity index (χ0v) is 10.6. The third kappa shape index (κ3) is 2.42. The standard InChI is InChI=1S/Se5/c1-2-4-5-3-1. The van der Waals surface area contributed by atoms with Crippen LogP contribution < -0.4 is 0 Å². The van der Waals surface area contributed by atoms with Crippen LogP contribution in [0, 0.1) is 0 Å². The van der Waals surface area contributed by atoms with E-state index in [2.05, 4.69) is 0 Å². The van der Waals surface area contributed by atoms with Gasteiger partial charge in [0.2, 0.25) is 0 Å². The summed E-state index contributed by atoms with van der Waals surface area (Å²) in [5.74, 6) is 0. The first-order valence-corrected chi connectivity index (χ1v) is 22.5. The van der Waals surface area contributed by atoms with Crippen LogP contribution in [0.2, 0.25) is 0 Å². The predicted octanol–water partition coefficient (Wildman–Crippen LogP) is -1.90. The van der Waals surface area contributed by atoms with Gasteiger partial charge in [-0.2, -0.15) is 0 Å². The molecular weight excluding hydrogens is 395 g/mol. The predicted molar refractivity (Wildman–Crippen MR) is 28.8 cm³/mol. The van der Waals surface area contributed by atoms with Crippen LogP contribution >= 0.6 is 0 Å². The summed E-state index contributed by atoms with van der Waals surface area (Å²) in [7, 11) is 6.25. The Kier molecular flexibility index (Phi) is 4.10. The van der Waals surface area contributed by atoms with Crippen molar-refractivity contribution in [2.45, 2.75) is 0 Å². The van der Waals surface area contributed by atoms with Crippen molar-refractivity contribution in [3.05, 3.63) is 0 Å². The van der Waals surface area contributed by atoms with E-state index in [-0.39, 0.29) is 0 Å². The molecule has 0 amide bonds. The van der Waals surface area contributed by atoms with E-state index in [4.69, 9.17) is 0 Å². The van der Waals surface area contributed by atoms with E-state index in [1.807, 2.05) is 0 Å². The van der Waals surface area contributed by atoms with Gasteiger partial charge in [-0.3, -0.25) is 0 Å². The van der Waals surface area contributed by atoms with Gasteiger partial charge in [-0.15, -0.1) is 0 Å². The van der Waals surface area contributed by atoms with Crippen LogP contribution in [-0.2, 0) is 0 Å². The first-order valence-electron chi connectivity index (χ1n) is 0.833. The van der Waals surface area contributed by atoms with Crippen molar-refractivity contribution in [2.75, 3.05) is 0 Å². The van der Waals surface area contributed by atoms with E-state index in [0.717, 1.165) is 0 Å². The monoisotopic (exact) mass is 400 g/mol. The summed E-state index contributed by atoms with van der Waals surface area (Å²) in [6, 6.07) is 0. The maximum atomic E-state index is 1.25. The van der Waals surface area contributed by atoms with Crippen LogP contribution in [0.25, 0.3) is 0 Å². The van der Waals surface area contributed by atoms with Crippen molar-refractivity contribution in [3.63, 3.8) is 0 Å². The van der Waals surface area contributed by atoms with Crippen molar-refractivity contribution in [3.8, 4) is 0 Å². The van der Waals surface area contributed by atoms with Crippen LogP contribution in [0.5, 0.6) is 0 Å². The molecule has 0 aromatic carbocycles. The summed E-state index contributed by atoms with van der Waals surface area (Å²) < 4.78 is 0. The van der Waals surface area contributed by atoms with Gasteiger partial charge >= 0.3 is 53.8 Å². The average Bonchev–Trinajstić information content (AvgIpc) is 1.76. The van der Waals surface area contributed by atoms with Gasteiger partial charge in [-0.05, 0) is 0 Å². The van der Waals surface area contributed by atoms with Crippen LogP contribution in [0.3, 0.4) is 0 Å². The second-order valence-electron chi connectivity index (χ2n) is 0.340. The van der Waals surface area contributed by atoms with Gasteiger partial charge in [-0.1, -0.05) is 0 Å². The molecule has 0 spiro atoms. The Morgan fingerprint density at radius 2 is 0.600 bits per heavy atom. The molecule has 1 aromatic rings. The van der Waals surface area contributed by atoms with Crippen LogP contribution in [0.4, 0.5) is 0 Å². The third-order valence-electron chi connectivity index (χ3n) is 0.139. The van der Waals surface area contributed by atoms with Crippen LogP contribution in [-0.4, -0.2) is 53.8 Å². The fourth-order valence-corrected chi connectivity index (χ4v) is 215. The van der Waals surface area contributed by atoms with Gasteiger partial charge in [0.15, 0.2) is 0 Å². The van der Waals surface area contributed by atoms with Gasteiger partial charge in [-0.25, -0.2) is 0 Å². The summed E-state index contributed by atoms with van der Waals surface area (Å²) in [6.45, 7) is 0. The SMILES string of the molecule is [se]1[se][se][se][se]1. The molecule has 1 aromatic heterocycles. The molecule has 0 N–H and O–H groups in total.